The molecule has 43 heavy (non-hydrogen) atoms. The van der Waals surface area contributed by atoms with Crippen LogP contribution >= 0.6 is 0 Å². The zero-order chi connectivity index (χ0) is 28.1. The fraction of sp³-hybridized carbons (Fsp3) is 0.0476. The highest BCUT2D eigenvalue weighted by molar-refractivity contribution is 6.11. The molecule has 0 fully saturated rings. The molecule has 1 aromatic heterocycles. The van der Waals surface area contributed by atoms with E-state index in [0.29, 0.717) is 11.8 Å². The number of hydrogen-bond donors (Lipinski definition) is 0. The highest BCUT2D eigenvalue weighted by atomic mass is 16.3. The Morgan fingerprint density at radius 1 is 0.465 bits per heavy atom. The number of benzene rings is 5. The summed E-state index contributed by atoms with van der Waals surface area (Å²) in [4.78, 5) is 0. The third kappa shape index (κ3) is 3.34. The Morgan fingerprint density at radius 2 is 1.16 bits per heavy atom. The lowest BCUT2D eigenvalue weighted by Gasteiger charge is -2.42. The first-order chi connectivity index (χ1) is 21.3. The van der Waals surface area contributed by atoms with Gasteiger partial charge in [-0.25, -0.2) is 0 Å². The van der Waals surface area contributed by atoms with E-state index in [9.17, 15) is 0 Å². The van der Waals surface area contributed by atoms with Crippen LogP contribution in [0.15, 0.2) is 172 Å². The molecule has 0 saturated carbocycles. The molecule has 2 unspecified atom stereocenters. The molecule has 10 rings (SSSR count). The van der Waals surface area contributed by atoms with Crippen molar-refractivity contribution in [1.82, 2.24) is 0 Å². The Kier molecular flexibility index (Phi) is 4.62. The van der Waals surface area contributed by atoms with E-state index in [1.807, 2.05) is 0 Å². The largest absolute Gasteiger partial charge is 0.456 e. The van der Waals surface area contributed by atoms with Crippen LogP contribution in [0.3, 0.4) is 0 Å². The summed E-state index contributed by atoms with van der Waals surface area (Å²) in [6, 6.07) is 35.2. The van der Waals surface area contributed by atoms with E-state index >= 15 is 0 Å². The molecule has 0 saturated heterocycles. The zero-order valence-electron chi connectivity index (χ0n) is 23.4. The van der Waals surface area contributed by atoms with E-state index < -0.39 is 0 Å². The van der Waals surface area contributed by atoms with Gasteiger partial charge < -0.3 is 4.42 Å². The van der Waals surface area contributed by atoms with Gasteiger partial charge in [0, 0.05) is 22.6 Å². The van der Waals surface area contributed by atoms with Gasteiger partial charge in [-0.05, 0) is 96.4 Å². The summed E-state index contributed by atoms with van der Waals surface area (Å²) in [5.74, 6) is 0.623. The molecule has 6 aromatic rings. The molecule has 1 heteroatoms. The molecule has 0 aliphatic heterocycles. The van der Waals surface area contributed by atoms with Gasteiger partial charge in [-0.3, -0.25) is 0 Å². The highest BCUT2D eigenvalue weighted by Gasteiger charge is 2.40. The van der Waals surface area contributed by atoms with Crippen LogP contribution in [0, 0.1) is 11.8 Å². The minimum Gasteiger partial charge on any atom is -0.456 e. The first-order valence-corrected chi connectivity index (χ1v) is 15.1. The van der Waals surface area contributed by atoms with Crippen molar-refractivity contribution in [2.24, 2.45) is 11.8 Å². The molecule has 4 aliphatic carbocycles. The normalized spacial score (nSPS) is 20.4. The molecule has 2 atom stereocenters. The van der Waals surface area contributed by atoms with Gasteiger partial charge >= 0.3 is 0 Å². The van der Waals surface area contributed by atoms with Crippen molar-refractivity contribution in [3.05, 3.63) is 179 Å². The smallest absolute Gasteiger partial charge is 0.136 e. The zero-order valence-corrected chi connectivity index (χ0v) is 23.4. The summed E-state index contributed by atoms with van der Waals surface area (Å²) in [7, 11) is 0. The molecule has 200 valence electrons. The van der Waals surface area contributed by atoms with Crippen LogP contribution in [0.25, 0.3) is 54.6 Å². The second-order valence-corrected chi connectivity index (χ2v) is 12.1. The second-order valence-electron chi connectivity index (χ2n) is 12.1. The van der Waals surface area contributed by atoms with E-state index in [2.05, 4.69) is 146 Å². The van der Waals surface area contributed by atoms with Gasteiger partial charge in [-0.15, -0.1) is 0 Å². The first-order valence-electron chi connectivity index (χ1n) is 15.1. The summed E-state index contributed by atoms with van der Waals surface area (Å²) in [5, 5.41) is 7.35. The lowest BCUT2D eigenvalue weighted by molar-refractivity contribution is 0.569. The Morgan fingerprint density at radius 3 is 2.05 bits per heavy atom. The van der Waals surface area contributed by atoms with Gasteiger partial charge in [0.15, 0.2) is 0 Å². The van der Waals surface area contributed by atoms with Crippen LogP contribution < -0.4 is 0 Å². The summed E-state index contributed by atoms with van der Waals surface area (Å²) in [6.45, 7) is 0. The summed E-state index contributed by atoms with van der Waals surface area (Å²) in [5.41, 5.74) is 12.6. The van der Waals surface area contributed by atoms with E-state index in [0.717, 1.165) is 11.2 Å². The molecule has 0 bridgehead atoms. The van der Waals surface area contributed by atoms with Crippen LogP contribution in [-0.4, -0.2) is 0 Å². The number of hydrogen-bond acceptors (Lipinski definition) is 1. The van der Waals surface area contributed by atoms with Gasteiger partial charge in [0.05, 0.1) is 0 Å². The predicted octanol–water partition coefficient (Wildman–Crippen LogP) is 10.9. The molecule has 0 spiro atoms. The van der Waals surface area contributed by atoms with Crippen LogP contribution in [0.4, 0.5) is 0 Å². The van der Waals surface area contributed by atoms with Gasteiger partial charge in [0.1, 0.15) is 11.2 Å². The Bertz CT molecular complexity index is 2450. The van der Waals surface area contributed by atoms with Crippen molar-refractivity contribution in [2.75, 3.05) is 0 Å². The van der Waals surface area contributed by atoms with E-state index in [4.69, 9.17) is 4.42 Å². The van der Waals surface area contributed by atoms with Gasteiger partial charge in [-0.1, -0.05) is 115 Å². The number of fused-ring (bicyclic) bond motifs is 5. The number of furan rings is 1. The monoisotopic (exact) mass is 546 g/mol. The highest BCUT2D eigenvalue weighted by Crippen LogP contribution is 2.54. The minimum absolute atomic E-state index is 0.307. The van der Waals surface area contributed by atoms with E-state index in [1.165, 1.54) is 76.9 Å². The van der Waals surface area contributed by atoms with Crippen LogP contribution in [0.2, 0.25) is 0 Å². The molecule has 0 radical (unpaired) electrons. The van der Waals surface area contributed by atoms with Crippen molar-refractivity contribution in [3.8, 4) is 0 Å². The fourth-order valence-electron chi connectivity index (χ4n) is 7.79. The average Bonchev–Trinajstić information content (AvgIpc) is 3.42. The minimum atomic E-state index is 0.307. The lowest BCUT2D eigenvalue weighted by Crippen LogP contribution is -2.30. The summed E-state index contributed by atoms with van der Waals surface area (Å²) >= 11 is 0. The molecule has 5 aromatic carbocycles. The predicted molar refractivity (Wildman–Crippen MR) is 180 cm³/mol. The summed E-state index contributed by atoms with van der Waals surface area (Å²) < 4.78 is 6.32. The third-order valence-corrected chi connectivity index (χ3v) is 9.85. The van der Waals surface area contributed by atoms with Crippen molar-refractivity contribution in [1.29, 1.82) is 0 Å². The maximum Gasteiger partial charge on any atom is 0.136 e. The topological polar surface area (TPSA) is 13.1 Å². The SMILES string of the molecule is C1=CC2=C(c3ccc4ccccc4c3)C=CC3=CC=C4C(c5ccc6oc7cc8ccccc8cc7c6c5)=CC=C1C4C32. The summed E-state index contributed by atoms with van der Waals surface area (Å²) in [6.07, 6.45) is 18.7. The van der Waals surface area contributed by atoms with Crippen molar-refractivity contribution < 1.29 is 4.42 Å². The van der Waals surface area contributed by atoms with Crippen LogP contribution in [-0.2, 0) is 0 Å². The fourth-order valence-corrected chi connectivity index (χ4v) is 7.79. The van der Waals surface area contributed by atoms with Crippen LogP contribution in [0.5, 0.6) is 0 Å². The lowest BCUT2D eigenvalue weighted by atomic mass is 9.61. The number of allylic oxidation sites excluding steroid dienone is 14. The molecule has 0 amide bonds. The Balaban J connectivity index is 1.10. The maximum absolute atomic E-state index is 6.32. The molecule has 0 N–H and O–H groups in total. The average molecular weight is 547 g/mol. The molecular formula is C42H26O. The van der Waals surface area contributed by atoms with Crippen molar-refractivity contribution in [2.45, 2.75) is 0 Å². The maximum atomic E-state index is 6.32. The Labute approximate surface area is 249 Å². The van der Waals surface area contributed by atoms with E-state index in [1.54, 1.807) is 0 Å². The van der Waals surface area contributed by atoms with Crippen LogP contribution in [0.1, 0.15) is 11.1 Å². The molecule has 1 heterocycles. The van der Waals surface area contributed by atoms with Gasteiger partial charge in [0.25, 0.3) is 0 Å². The van der Waals surface area contributed by atoms with E-state index in [-0.39, 0.29) is 0 Å². The van der Waals surface area contributed by atoms with Crippen molar-refractivity contribution >= 4 is 54.6 Å². The van der Waals surface area contributed by atoms with Gasteiger partial charge in [0.2, 0.25) is 0 Å². The molecule has 4 aliphatic rings. The Hall–Kier alpha value is -5.40. The van der Waals surface area contributed by atoms with Crippen molar-refractivity contribution in [3.63, 3.8) is 0 Å². The standard InChI is InChI=1S/C42H26O/c1-2-6-28-21-31(10-9-25(28)5-1)33-16-11-26-14-19-36-34(17-12-27-13-18-35(33)41(26)42(27)36)32-15-20-39-37(23-32)38-22-29-7-3-4-8-30(29)24-40(38)43-39/h1-24,41-42H. The third-order valence-electron chi connectivity index (χ3n) is 9.85. The first kappa shape index (κ1) is 23.2. The van der Waals surface area contributed by atoms with Gasteiger partial charge in [-0.2, -0.15) is 0 Å². The number of rotatable bonds is 2. The molecule has 1 nitrogen and oxygen atoms in total. The second kappa shape index (κ2) is 8.56. The molecular weight excluding hydrogens is 520 g/mol. The quantitative estimate of drug-likeness (QED) is 0.211.